The van der Waals surface area contributed by atoms with Crippen molar-refractivity contribution in [2.45, 2.75) is 32.7 Å². The summed E-state index contributed by atoms with van der Waals surface area (Å²) in [7, 11) is 1.57. The molecule has 0 radical (unpaired) electrons. The molecule has 3 aromatic rings. The molecular weight excluding hydrogens is 408 g/mol. The Morgan fingerprint density at radius 3 is 2.88 bits per heavy atom. The van der Waals surface area contributed by atoms with E-state index in [2.05, 4.69) is 33.1 Å². The smallest absolute Gasteiger partial charge is 0.255 e. The zero-order valence-electron chi connectivity index (χ0n) is 18.3. The number of fused-ring (bicyclic) bond motifs is 1. The molecule has 0 aliphatic carbocycles. The van der Waals surface area contributed by atoms with Crippen LogP contribution in [-0.4, -0.2) is 39.8 Å². The molecule has 1 aliphatic heterocycles. The number of rotatable bonds is 8. The Balaban J connectivity index is 1.70. The van der Waals surface area contributed by atoms with Gasteiger partial charge in [-0.15, -0.1) is 0 Å². The molecule has 0 fully saturated rings. The maximum atomic E-state index is 13.5. The molecule has 0 saturated carbocycles. The molecule has 1 aliphatic rings. The molecule has 1 aromatic heterocycles. The fourth-order valence-electron chi connectivity index (χ4n) is 3.66. The lowest BCUT2D eigenvalue weighted by Gasteiger charge is -2.28. The fourth-order valence-corrected chi connectivity index (χ4v) is 3.66. The highest BCUT2D eigenvalue weighted by atomic mass is 16.5. The van der Waals surface area contributed by atoms with Gasteiger partial charge in [0.1, 0.15) is 17.5 Å². The van der Waals surface area contributed by atoms with Gasteiger partial charge in [-0.3, -0.25) is 4.79 Å². The van der Waals surface area contributed by atoms with Crippen molar-refractivity contribution in [2.75, 3.05) is 24.4 Å². The van der Waals surface area contributed by atoms with Crippen LogP contribution in [0.5, 0.6) is 11.5 Å². The molecule has 9 heteroatoms. The summed E-state index contributed by atoms with van der Waals surface area (Å²) in [5.74, 6) is 1.52. The van der Waals surface area contributed by atoms with Gasteiger partial charge in [-0.05, 0) is 53.6 Å². The summed E-state index contributed by atoms with van der Waals surface area (Å²) in [5.41, 5.74) is 2.60. The molecule has 2 heterocycles. The normalized spacial score (nSPS) is 15.0. The summed E-state index contributed by atoms with van der Waals surface area (Å²) in [4.78, 5) is 13.5. The maximum absolute atomic E-state index is 13.5. The second kappa shape index (κ2) is 9.51. The van der Waals surface area contributed by atoms with E-state index in [4.69, 9.17) is 9.47 Å². The zero-order valence-corrected chi connectivity index (χ0v) is 18.3. The highest BCUT2D eigenvalue weighted by molar-refractivity contribution is 6.06. The Morgan fingerprint density at radius 2 is 2.06 bits per heavy atom. The number of nitrogens with zero attached hydrogens (tertiary/aromatic N) is 4. The summed E-state index contributed by atoms with van der Waals surface area (Å²) in [5, 5.41) is 18.1. The third-order valence-corrected chi connectivity index (χ3v) is 5.25. The molecule has 166 valence electrons. The van der Waals surface area contributed by atoms with Crippen molar-refractivity contribution in [3.63, 3.8) is 0 Å². The van der Waals surface area contributed by atoms with Crippen molar-refractivity contribution in [1.29, 1.82) is 0 Å². The quantitative estimate of drug-likeness (QED) is 0.520. The van der Waals surface area contributed by atoms with E-state index in [1.807, 2.05) is 43.3 Å². The van der Waals surface area contributed by atoms with E-state index in [0.717, 1.165) is 24.2 Å². The summed E-state index contributed by atoms with van der Waals surface area (Å²) in [6.45, 7) is 4.59. The first-order valence-corrected chi connectivity index (χ1v) is 10.5. The number of allylic oxidation sites excluding steroid dienone is 1. The number of amides is 1. The van der Waals surface area contributed by atoms with Crippen molar-refractivity contribution < 1.29 is 14.3 Å². The number of nitrogens with one attached hydrogen (secondary N) is 2. The van der Waals surface area contributed by atoms with Crippen LogP contribution in [0.1, 0.15) is 38.3 Å². The van der Waals surface area contributed by atoms with Crippen molar-refractivity contribution in [2.24, 2.45) is 0 Å². The second-order valence-corrected chi connectivity index (χ2v) is 7.44. The number of hydrogen-bond donors (Lipinski definition) is 2. The van der Waals surface area contributed by atoms with Gasteiger partial charge in [0.15, 0.2) is 0 Å². The zero-order chi connectivity index (χ0) is 22.5. The van der Waals surface area contributed by atoms with Crippen LogP contribution in [0.2, 0.25) is 0 Å². The Kier molecular flexibility index (Phi) is 6.34. The minimum absolute atomic E-state index is 0.275. The SMILES string of the molecule is CCCCOc1cccc(C2C(C(=O)Nc3ccccc3OC)=C(C)Nc3nnnn32)c1. The number of hydrogen-bond acceptors (Lipinski definition) is 7. The van der Waals surface area contributed by atoms with E-state index in [0.29, 0.717) is 35.3 Å². The predicted molar refractivity (Wildman–Crippen MR) is 121 cm³/mol. The van der Waals surface area contributed by atoms with Gasteiger partial charge in [0.2, 0.25) is 5.95 Å². The number of methoxy groups -OCH3 is 1. The third-order valence-electron chi connectivity index (χ3n) is 5.25. The average molecular weight is 435 g/mol. The fraction of sp³-hybridized carbons (Fsp3) is 0.304. The Hall–Kier alpha value is -3.88. The van der Waals surface area contributed by atoms with Crippen LogP contribution in [-0.2, 0) is 4.79 Å². The highest BCUT2D eigenvalue weighted by Gasteiger charge is 2.34. The molecule has 1 atom stereocenters. The first-order valence-electron chi connectivity index (χ1n) is 10.5. The lowest BCUT2D eigenvalue weighted by molar-refractivity contribution is -0.113. The first kappa shape index (κ1) is 21.4. The topological polar surface area (TPSA) is 103 Å². The van der Waals surface area contributed by atoms with E-state index >= 15 is 0 Å². The number of tetrazole rings is 1. The summed E-state index contributed by atoms with van der Waals surface area (Å²) >= 11 is 0. The van der Waals surface area contributed by atoms with Gasteiger partial charge in [0.25, 0.3) is 5.91 Å². The Morgan fingerprint density at radius 1 is 1.22 bits per heavy atom. The summed E-state index contributed by atoms with van der Waals surface area (Å²) in [6.07, 6.45) is 2.03. The van der Waals surface area contributed by atoms with Crippen LogP contribution in [0.3, 0.4) is 0 Å². The van der Waals surface area contributed by atoms with Crippen molar-refractivity contribution in [3.05, 3.63) is 65.4 Å². The number of unbranched alkanes of at least 4 members (excludes halogenated alkanes) is 1. The van der Waals surface area contributed by atoms with Gasteiger partial charge in [0, 0.05) is 5.70 Å². The van der Waals surface area contributed by atoms with Crippen molar-refractivity contribution in [3.8, 4) is 11.5 Å². The first-order chi connectivity index (χ1) is 15.6. The second-order valence-electron chi connectivity index (χ2n) is 7.44. The predicted octanol–water partition coefficient (Wildman–Crippen LogP) is 3.79. The van der Waals surface area contributed by atoms with Crippen LogP contribution in [0, 0.1) is 0 Å². The third kappa shape index (κ3) is 4.27. The molecular formula is C23H26N6O3. The van der Waals surface area contributed by atoms with Crippen LogP contribution in [0.4, 0.5) is 11.6 Å². The van der Waals surface area contributed by atoms with Crippen molar-refractivity contribution >= 4 is 17.5 Å². The van der Waals surface area contributed by atoms with Gasteiger partial charge >= 0.3 is 0 Å². The van der Waals surface area contributed by atoms with Gasteiger partial charge in [-0.25, -0.2) is 0 Å². The average Bonchev–Trinajstić information content (AvgIpc) is 3.27. The van der Waals surface area contributed by atoms with Crippen LogP contribution >= 0.6 is 0 Å². The van der Waals surface area contributed by atoms with Crippen molar-refractivity contribution in [1.82, 2.24) is 20.2 Å². The van der Waals surface area contributed by atoms with Gasteiger partial charge in [0.05, 0.1) is 25.0 Å². The van der Waals surface area contributed by atoms with Crippen LogP contribution in [0.25, 0.3) is 0 Å². The molecule has 1 amide bonds. The largest absolute Gasteiger partial charge is 0.495 e. The molecule has 0 spiro atoms. The van der Waals surface area contributed by atoms with Crippen LogP contribution in [0.15, 0.2) is 59.8 Å². The molecule has 0 saturated heterocycles. The number of aromatic nitrogens is 4. The Labute approximate surface area is 186 Å². The minimum atomic E-state index is -0.523. The molecule has 32 heavy (non-hydrogen) atoms. The van der Waals surface area contributed by atoms with E-state index in [1.54, 1.807) is 23.9 Å². The van der Waals surface area contributed by atoms with Gasteiger partial charge in [-0.1, -0.05) is 42.7 Å². The monoisotopic (exact) mass is 434 g/mol. The molecule has 1 unspecified atom stereocenters. The number of benzene rings is 2. The number of carbonyl (C=O) groups is 1. The van der Waals surface area contributed by atoms with E-state index in [9.17, 15) is 4.79 Å². The van der Waals surface area contributed by atoms with E-state index in [1.165, 1.54) is 0 Å². The lowest BCUT2D eigenvalue weighted by atomic mass is 9.94. The molecule has 2 aromatic carbocycles. The number of ether oxygens (including phenoxy) is 2. The molecule has 9 nitrogen and oxygen atoms in total. The standard InChI is InChI=1S/C23H26N6O3/c1-4-5-13-32-17-10-8-9-16(14-17)21-20(15(2)24-23-26-27-28-29(21)23)22(30)25-18-11-6-7-12-19(18)31-3/h6-12,14,21H,4-5,13H2,1-3H3,(H,25,30)(H,24,26,28). The number of anilines is 2. The minimum Gasteiger partial charge on any atom is -0.495 e. The lowest BCUT2D eigenvalue weighted by Crippen LogP contribution is -2.31. The number of para-hydroxylation sites is 2. The molecule has 0 bridgehead atoms. The summed E-state index contributed by atoms with van der Waals surface area (Å²) in [6, 6.07) is 14.4. The molecule has 2 N–H and O–H groups in total. The molecule has 4 rings (SSSR count). The van der Waals surface area contributed by atoms with Gasteiger partial charge in [-0.2, -0.15) is 4.68 Å². The van der Waals surface area contributed by atoms with E-state index in [-0.39, 0.29) is 5.91 Å². The van der Waals surface area contributed by atoms with Gasteiger partial charge < -0.3 is 20.1 Å². The van der Waals surface area contributed by atoms with E-state index < -0.39 is 6.04 Å². The van der Waals surface area contributed by atoms with Crippen LogP contribution < -0.4 is 20.1 Å². The highest BCUT2D eigenvalue weighted by Crippen LogP contribution is 2.36. The Bertz CT molecular complexity index is 1140. The number of carbonyl (C=O) groups excluding carboxylic acids is 1. The maximum Gasteiger partial charge on any atom is 0.255 e. The summed E-state index contributed by atoms with van der Waals surface area (Å²) < 4.78 is 12.9.